The summed E-state index contributed by atoms with van der Waals surface area (Å²) < 4.78 is 0. The van der Waals surface area contributed by atoms with E-state index < -0.39 is 0 Å². The number of rotatable bonds is 4. The van der Waals surface area contributed by atoms with Gasteiger partial charge in [-0.3, -0.25) is 9.59 Å². The van der Waals surface area contributed by atoms with Crippen molar-refractivity contribution in [2.45, 2.75) is 122 Å². The number of amides is 2. The molecule has 6 N–H and O–H groups in total. The highest BCUT2D eigenvalue weighted by molar-refractivity contribution is 5.97. The minimum absolute atomic E-state index is 0.0812. The number of piperidine rings is 2. The van der Waals surface area contributed by atoms with Crippen LogP contribution in [-0.2, 0) is 9.59 Å². The predicted octanol–water partition coefficient (Wildman–Crippen LogP) is 0.175. The molecule has 0 atom stereocenters. The van der Waals surface area contributed by atoms with Crippen LogP contribution in [0.5, 0.6) is 0 Å². The van der Waals surface area contributed by atoms with Gasteiger partial charge >= 0.3 is 0 Å². The van der Waals surface area contributed by atoms with E-state index in [2.05, 4.69) is 76.7 Å². The second-order valence-corrected chi connectivity index (χ2v) is 11.8. The third-order valence-corrected chi connectivity index (χ3v) is 5.70. The monoisotopic (exact) mass is 382 g/mol. The van der Waals surface area contributed by atoms with E-state index in [1.807, 2.05) is 0 Å². The van der Waals surface area contributed by atoms with Crippen molar-refractivity contribution < 1.29 is 20.2 Å². The van der Waals surface area contributed by atoms with Crippen molar-refractivity contribution in [3.8, 4) is 0 Å². The van der Waals surface area contributed by atoms with Crippen LogP contribution in [0.2, 0.25) is 0 Å². The Morgan fingerprint density at radius 2 is 0.926 bits per heavy atom. The largest absolute Gasteiger partial charge is 0.352 e. The molecule has 0 saturated carbocycles. The van der Waals surface area contributed by atoms with E-state index in [-0.39, 0.29) is 52.5 Å². The first-order valence-electron chi connectivity index (χ1n) is 10.4. The molecule has 2 heterocycles. The lowest BCUT2D eigenvalue weighted by atomic mass is 9.79. The molecule has 0 unspecified atom stereocenters. The Morgan fingerprint density at radius 1 is 0.667 bits per heavy atom. The molecular weight excluding hydrogens is 340 g/mol. The maximum absolute atomic E-state index is 12.5. The van der Waals surface area contributed by atoms with Crippen molar-refractivity contribution >= 4 is 11.8 Å². The molecule has 0 spiro atoms. The van der Waals surface area contributed by atoms with E-state index in [0.717, 1.165) is 25.7 Å². The first-order chi connectivity index (χ1) is 12.1. The van der Waals surface area contributed by atoms with Gasteiger partial charge in [0.2, 0.25) is 11.8 Å². The second-order valence-electron chi connectivity index (χ2n) is 11.8. The minimum Gasteiger partial charge on any atom is -0.352 e. The van der Waals surface area contributed by atoms with Crippen molar-refractivity contribution in [3.05, 3.63) is 0 Å². The van der Waals surface area contributed by atoms with Crippen LogP contribution in [0.15, 0.2) is 0 Å². The van der Waals surface area contributed by atoms with Gasteiger partial charge in [0.25, 0.3) is 0 Å². The molecule has 6 nitrogen and oxygen atoms in total. The van der Waals surface area contributed by atoms with E-state index in [4.69, 9.17) is 0 Å². The predicted molar refractivity (Wildman–Crippen MR) is 107 cm³/mol. The van der Waals surface area contributed by atoms with Gasteiger partial charge in [-0.25, -0.2) is 0 Å². The van der Waals surface area contributed by atoms with E-state index >= 15 is 0 Å². The molecule has 0 bridgehead atoms. The second kappa shape index (κ2) is 7.36. The molecule has 2 aliphatic heterocycles. The van der Waals surface area contributed by atoms with Crippen LogP contribution in [-0.4, -0.2) is 46.1 Å². The van der Waals surface area contributed by atoms with Crippen molar-refractivity contribution in [2.75, 3.05) is 0 Å². The molecule has 2 fully saturated rings. The quantitative estimate of drug-likeness (QED) is 0.522. The number of hydrogen-bond acceptors (Lipinski definition) is 2. The summed E-state index contributed by atoms with van der Waals surface area (Å²) in [7, 11) is 0. The average molecular weight is 383 g/mol. The Balaban J connectivity index is 1.86. The van der Waals surface area contributed by atoms with Gasteiger partial charge in [0.05, 0.1) is 22.2 Å². The Labute approximate surface area is 165 Å². The van der Waals surface area contributed by atoms with Crippen LogP contribution in [0, 0.1) is 0 Å². The lowest BCUT2D eigenvalue weighted by Gasteiger charge is -2.43. The molecule has 2 rings (SSSR count). The summed E-state index contributed by atoms with van der Waals surface area (Å²) in [4.78, 5) is 24.9. The van der Waals surface area contributed by atoms with Gasteiger partial charge in [0.15, 0.2) is 0 Å². The minimum atomic E-state index is -0.160. The molecule has 0 radical (unpaired) electrons. The summed E-state index contributed by atoms with van der Waals surface area (Å²) in [5, 5.41) is 11.0. The SMILES string of the molecule is CC1(C)CC(NC(=O)CC(=O)NC2CC(C)(C)[NH2+]C(C)(C)C2)CC(C)(C)[NH2+]1. The maximum atomic E-state index is 12.5. The third kappa shape index (κ3) is 7.07. The molecule has 27 heavy (non-hydrogen) atoms. The summed E-state index contributed by atoms with van der Waals surface area (Å²) in [5.41, 5.74) is 0.380. The van der Waals surface area contributed by atoms with Gasteiger partial charge in [0.1, 0.15) is 6.42 Å². The van der Waals surface area contributed by atoms with Crippen LogP contribution >= 0.6 is 0 Å². The molecular formula is C21H42N4O2+2. The van der Waals surface area contributed by atoms with Crippen molar-refractivity contribution in [3.63, 3.8) is 0 Å². The zero-order valence-corrected chi connectivity index (χ0v) is 18.7. The Bertz CT molecular complexity index is 499. The number of carbonyl (C=O) groups is 2. The fraction of sp³-hybridized carbons (Fsp3) is 0.905. The van der Waals surface area contributed by atoms with Gasteiger partial charge < -0.3 is 21.3 Å². The van der Waals surface area contributed by atoms with Crippen LogP contribution in [0.1, 0.15) is 87.5 Å². The highest BCUT2D eigenvalue weighted by Crippen LogP contribution is 2.23. The van der Waals surface area contributed by atoms with Crippen molar-refractivity contribution in [1.82, 2.24) is 10.6 Å². The zero-order chi connectivity index (χ0) is 20.7. The van der Waals surface area contributed by atoms with Crippen molar-refractivity contribution in [2.24, 2.45) is 0 Å². The molecule has 156 valence electrons. The normalized spacial score (nSPS) is 27.0. The molecule has 0 aromatic carbocycles. The number of nitrogens with one attached hydrogen (secondary N) is 2. The molecule has 2 saturated heterocycles. The highest BCUT2D eigenvalue weighted by atomic mass is 16.2. The molecule has 2 amide bonds. The first-order valence-corrected chi connectivity index (χ1v) is 10.4. The fourth-order valence-electron chi connectivity index (χ4n) is 5.94. The first kappa shape index (κ1) is 22.2. The van der Waals surface area contributed by atoms with E-state index in [1.165, 1.54) is 0 Å². The van der Waals surface area contributed by atoms with Gasteiger partial charge in [-0.1, -0.05) is 0 Å². The fourth-order valence-corrected chi connectivity index (χ4v) is 5.94. The van der Waals surface area contributed by atoms with Gasteiger partial charge in [-0.05, 0) is 55.4 Å². The Kier molecular flexibility index (Phi) is 6.04. The molecule has 0 aromatic rings. The van der Waals surface area contributed by atoms with Crippen molar-refractivity contribution in [1.29, 1.82) is 0 Å². The Hall–Kier alpha value is -1.14. The summed E-state index contributed by atoms with van der Waals surface area (Å²) in [6.45, 7) is 17.7. The lowest BCUT2D eigenvalue weighted by Crippen LogP contribution is -3.06. The van der Waals surface area contributed by atoms with E-state index in [0.29, 0.717) is 0 Å². The van der Waals surface area contributed by atoms with Crippen LogP contribution in [0.3, 0.4) is 0 Å². The number of quaternary nitrogens is 2. The van der Waals surface area contributed by atoms with Crippen LogP contribution < -0.4 is 21.3 Å². The smallest absolute Gasteiger partial charge is 0.229 e. The van der Waals surface area contributed by atoms with Gasteiger partial charge in [0, 0.05) is 37.8 Å². The molecule has 0 aromatic heterocycles. The number of carbonyl (C=O) groups excluding carboxylic acids is 2. The summed E-state index contributed by atoms with van der Waals surface area (Å²) >= 11 is 0. The van der Waals surface area contributed by atoms with E-state index in [9.17, 15) is 9.59 Å². The Morgan fingerprint density at radius 3 is 1.19 bits per heavy atom. The molecule has 2 aliphatic rings. The van der Waals surface area contributed by atoms with Crippen LogP contribution in [0.4, 0.5) is 0 Å². The third-order valence-electron chi connectivity index (χ3n) is 5.70. The number of hydrogen-bond donors (Lipinski definition) is 4. The van der Waals surface area contributed by atoms with E-state index in [1.54, 1.807) is 0 Å². The summed E-state index contributed by atoms with van der Waals surface area (Å²) in [5.74, 6) is -0.321. The maximum Gasteiger partial charge on any atom is 0.229 e. The van der Waals surface area contributed by atoms with Gasteiger partial charge in [-0.15, -0.1) is 0 Å². The van der Waals surface area contributed by atoms with Gasteiger partial charge in [-0.2, -0.15) is 0 Å². The topological polar surface area (TPSA) is 91.4 Å². The zero-order valence-electron chi connectivity index (χ0n) is 18.7. The van der Waals surface area contributed by atoms with Crippen LogP contribution in [0.25, 0.3) is 0 Å². The summed E-state index contributed by atoms with van der Waals surface area (Å²) in [6, 6.07) is 0.255. The standard InChI is InChI=1S/C21H40N4O2/c1-18(2)10-14(11-19(3,4)24-18)22-16(26)9-17(27)23-15-12-20(5,6)25-21(7,8)13-15/h14-15,24-25H,9-13H2,1-8H3,(H,22,26)(H,23,27)/p+2. The lowest BCUT2D eigenvalue weighted by molar-refractivity contribution is -0.788. The molecule has 0 aliphatic carbocycles. The number of nitrogens with two attached hydrogens (primary N) is 2. The highest BCUT2D eigenvalue weighted by Gasteiger charge is 2.43. The summed E-state index contributed by atoms with van der Waals surface area (Å²) in [6.07, 6.45) is 3.60. The molecule has 6 heteroatoms. The average Bonchev–Trinajstić information content (AvgIpc) is 2.28.